The highest BCUT2D eigenvalue weighted by Gasteiger charge is 2.45. The lowest BCUT2D eigenvalue weighted by molar-refractivity contribution is -0.286. The van der Waals surface area contributed by atoms with Crippen LogP contribution < -0.4 is 15.2 Å². The van der Waals surface area contributed by atoms with Gasteiger partial charge in [0, 0.05) is 11.5 Å². The highest BCUT2D eigenvalue weighted by molar-refractivity contribution is 5.97. The van der Waals surface area contributed by atoms with Gasteiger partial charge in [0.25, 0.3) is 0 Å². The van der Waals surface area contributed by atoms with Crippen LogP contribution in [0.3, 0.4) is 0 Å². The second-order valence-electron chi connectivity index (χ2n) is 6.76. The summed E-state index contributed by atoms with van der Waals surface area (Å²) in [6.45, 7) is -0.907. The van der Waals surface area contributed by atoms with Crippen LogP contribution in [0.4, 0.5) is 41.1 Å². The molecular formula is C16H7F8N7O2. The summed E-state index contributed by atoms with van der Waals surface area (Å²) in [4.78, 5) is 7.90. The van der Waals surface area contributed by atoms with Crippen LogP contribution in [-0.2, 0) is 18.9 Å². The van der Waals surface area contributed by atoms with Gasteiger partial charge >= 0.3 is 18.6 Å². The molecule has 0 fully saturated rings. The van der Waals surface area contributed by atoms with E-state index in [1.54, 1.807) is 0 Å². The highest BCUT2D eigenvalue weighted by atomic mass is 19.4. The van der Waals surface area contributed by atoms with E-state index in [1.165, 1.54) is 6.07 Å². The number of ether oxygens (including phenoxy) is 2. The predicted octanol–water partition coefficient (Wildman–Crippen LogP) is 3.46. The van der Waals surface area contributed by atoms with E-state index in [4.69, 9.17) is 5.73 Å². The molecule has 0 spiro atoms. The summed E-state index contributed by atoms with van der Waals surface area (Å²) in [6, 6.07) is 2.24. The van der Waals surface area contributed by atoms with Crippen molar-refractivity contribution in [3.05, 3.63) is 35.4 Å². The summed E-state index contributed by atoms with van der Waals surface area (Å²) < 4.78 is 115. The number of nitrogens with zero attached hydrogens (tertiary/aromatic N) is 6. The number of hydrogen-bond donors (Lipinski definition) is 1. The number of benzene rings is 1. The molecule has 0 radical (unpaired) electrons. The Morgan fingerprint density at radius 3 is 2.36 bits per heavy atom. The average molecular weight is 481 g/mol. The Morgan fingerprint density at radius 1 is 0.970 bits per heavy atom. The van der Waals surface area contributed by atoms with Gasteiger partial charge in [-0.3, -0.25) is 4.68 Å². The molecule has 2 N–H and O–H groups in total. The van der Waals surface area contributed by atoms with E-state index in [0.717, 1.165) is 10.6 Å². The number of nitrogen functional groups attached to an aromatic ring is 1. The van der Waals surface area contributed by atoms with Gasteiger partial charge in [0.2, 0.25) is 5.95 Å². The Bertz CT molecular complexity index is 1420. The fourth-order valence-corrected chi connectivity index (χ4v) is 3.25. The van der Waals surface area contributed by atoms with E-state index in [2.05, 4.69) is 29.6 Å². The predicted molar refractivity (Wildman–Crippen MR) is 90.2 cm³/mol. The van der Waals surface area contributed by atoms with E-state index < -0.39 is 54.1 Å². The Balaban J connectivity index is 1.63. The van der Waals surface area contributed by atoms with Gasteiger partial charge in [-0.25, -0.2) is 9.97 Å². The first-order valence-electron chi connectivity index (χ1n) is 8.69. The van der Waals surface area contributed by atoms with Crippen molar-refractivity contribution in [2.75, 3.05) is 5.73 Å². The van der Waals surface area contributed by atoms with Crippen molar-refractivity contribution in [2.24, 2.45) is 0 Å². The minimum absolute atomic E-state index is 0.0542. The van der Waals surface area contributed by atoms with Crippen LogP contribution in [0.5, 0.6) is 11.5 Å². The topological polar surface area (TPSA) is 105 Å². The molecule has 3 aromatic heterocycles. The highest BCUT2D eigenvalue weighted by Crippen LogP contribution is 2.45. The first kappa shape index (κ1) is 21.0. The monoisotopic (exact) mass is 481 g/mol. The third-order valence-corrected chi connectivity index (χ3v) is 4.53. The summed E-state index contributed by atoms with van der Waals surface area (Å²) in [7, 11) is 0. The zero-order valence-corrected chi connectivity index (χ0v) is 15.5. The molecule has 0 bridgehead atoms. The maximum Gasteiger partial charge on any atom is 0.586 e. The lowest BCUT2D eigenvalue weighted by atomic mass is 10.2. The maximum absolute atomic E-state index is 13.4. The molecule has 9 nitrogen and oxygen atoms in total. The second kappa shape index (κ2) is 6.32. The van der Waals surface area contributed by atoms with Crippen LogP contribution in [-0.4, -0.2) is 35.7 Å². The third-order valence-electron chi connectivity index (χ3n) is 4.53. The molecule has 4 aromatic rings. The molecule has 1 aliphatic heterocycles. The fraction of sp³-hybridized carbons (Fsp3) is 0.250. The van der Waals surface area contributed by atoms with Crippen LogP contribution >= 0.6 is 0 Å². The molecule has 0 amide bonds. The van der Waals surface area contributed by atoms with Crippen LogP contribution in [0.1, 0.15) is 17.2 Å². The van der Waals surface area contributed by atoms with Crippen LogP contribution in [0.15, 0.2) is 18.2 Å². The number of nitrogens with two attached hydrogens (primary N) is 1. The van der Waals surface area contributed by atoms with Gasteiger partial charge in [0.05, 0.1) is 0 Å². The largest absolute Gasteiger partial charge is 0.586 e. The van der Waals surface area contributed by atoms with E-state index >= 15 is 0 Å². The van der Waals surface area contributed by atoms with E-state index in [9.17, 15) is 35.1 Å². The summed E-state index contributed by atoms with van der Waals surface area (Å²) in [6.07, 6.45) is -14.2. The van der Waals surface area contributed by atoms with Crippen LogP contribution in [0.25, 0.3) is 16.6 Å². The Kier molecular flexibility index (Phi) is 4.01. The lowest BCUT2D eigenvalue weighted by Crippen LogP contribution is -2.26. The first-order chi connectivity index (χ1) is 15.2. The molecule has 0 atom stereocenters. The van der Waals surface area contributed by atoms with Crippen LogP contribution in [0.2, 0.25) is 0 Å². The number of aromatic nitrogens is 6. The SMILES string of the molecule is Nc1nc2c3c(ccc2c2nc(Cn4nc(C(F)(F)F)cc4C(F)(F)F)nn12)OC(F)(F)O3. The van der Waals surface area contributed by atoms with Gasteiger partial charge in [-0.15, -0.1) is 13.9 Å². The molecule has 17 heteroatoms. The lowest BCUT2D eigenvalue weighted by Gasteiger charge is -2.08. The van der Waals surface area contributed by atoms with Gasteiger partial charge in [-0.05, 0) is 12.1 Å². The van der Waals surface area contributed by atoms with Crippen molar-refractivity contribution < 1.29 is 44.6 Å². The third kappa shape index (κ3) is 3.39. The zero-order valence-electron chi connectivity index (χ0n) is 15.5. The normalized spacial score (nSPS) is 15.6. The van der Waals surface area contributed by atoms with Gasteiger partial charge in [0.1, 0.15) is 17.8 Å². The van der Waals surface area contributed by atoms with Crippen molar-refractivity contribution in [3.8, 4) is 11.5 Å². The molecule has 33 heavy (non-hydrogen) atoms. The molecule has 0 saturated carbocycles. The molecule has 0 aliphatic carbocycles. The zero-order chi connectivity index (χ0) is 23.9. The molecule has 0 saturated heterocycles. The fourth-order valence-electron chi connectivity index (χ4n) is 3.25. The van der Waals surface area contributed by atoms with Gasteiger partial charge in [0.15, 0.2) is 28.7 Å². The summed E-state index contributed by atoms with van der Waals surface area (Å²) in [5.74, 6) is -1.59. The minimum Gasteiger partial charge on any atom is -0.395 e. The van der Waals surface area contributed by atoms with E-state index in [1.807, 2.05) is 0 Å². The number of rotatable bonds is 2. The molecular weight excluding hydrogens is 474 g/mol. The summed E-state index contributed by atoms with van der Waals surface area (Å²) in [5.41, 5.74) is 2.03. The molecule has 1 aromatic carbocycles. The molecule has 5 rings (SSSR count). The smallest absolute Gasteiger partial charge is 0.395 e. The van der Waals surface area contributed by atoms with Crippen molar-refractivity contribution in [2.45, 2.75) is 25.2 Å². The van der Waals surface area contributed by atoms with E-state index in [0.29, 0.717) is 0 Å². The Labute approximate surface area is 175 Å². The van der Waals surface area contributed by atoms with Crippen molar-refractivity contribution in [1.29, 1.82) is 0 Å². The van der Waals surface area contributed by atoms with Crippen LogP contribution in [0, 0.1) is 0 Å². The molecule has 4 heterocycles. The number of fused-ring (bicyclic) bond motifs is 5. The molecule has 1 aliphatic rings. The maximum atomic E-state index is 13.4. The number of hydrogen-bond acceptors (Lipinski definition) is 7. The van der Waals surface area contributed by atoms with Crippen molar-refractivity contribution in [3.63, 3.8) is 0 Å². The first-order valence-corrected chi connectivity index (χ1v) is 8.69. The van der Waals surface area contributed by atoms with Crippen molar-refractivity contribution in [1.82, 2.24) is 29.4 Å². The quantitative estimate of drug-likeness (QED) is 0.437. The summed E-state index contributed by atoms with van der Waals surface area (Å²) in [5, 5.41) is 6.91. The van der Waals surface area contributed by atoms with Gasteiger partial charge < -0.3 is 15.2 Å². The number of halogens is 8. The van der Waals surface area contributed by atoms with Gasteiger partial charge in [-0.2, -0.15) is 36.0 Å². The summed E-state index contributed by atoms with van der Waals surface area (Å²) >= 11 is 0. The minimum atomic E-state index is -5.15. The Hall–Kier alpha value is -3.92. The number of alkyl halides is 8. The molecule has 174 valence electrons. The van der Waals surface area contributed by atoms with E-state index in [-0.39, 0.29) is 33.0 Å². The average Bonchev–Trinajstić information content (AvgIpc) is 3.35. The van der Waals surface area contributed by atoms with Crippen molar-refractivity contribution >= 4 is 22.5 Å². The Morgan fingerprint density at radius 2 is 1.70 bits per heavy atom. The number of anilines is 1. The second-order valence-corrected chi connectivity index (χ2v) is 6.76. The molecule has 0 unspecified atom stereocenters. The standard InChI is InChI=1S/C16H7F8N7O2/c17-14(18,19)7-3-8(15(20,21)22)30(28-7)4-9-26-12-5-1-2-6-11(33-16(23,24)32-6)10(5)27-13(25)31(12)29-9/h1-3H,4H2,(H2,25,27). The van der Waals surface area contributed by atoms with Gasteiger partial charge in [-0.1, -0.05) is 0 Å².